The first-order valence-electron chi connectivity index (χ1n) is 7.19. The maximum atomic E-state index is 12.6. The van der Waals surface area contributed by atoms with E-state index in [1.54, 1.807) is 9.58 Å². The van der Waals surface area contributed by atoms with E-state index in [0.717, 1.165) is 15.9 Å². The number of carbonyl (C=O) groups is 2. The zero-order valence-corrected chi connectivity index (χ0v) is 14.4. The highest BCUT2D eigenvalue weighted by Crippen LogP contribution is 2.25. The summed E-state index contributed by atoms with van der Waals surface area (Å²) in [4.78, 5) is 26.4. The maximum Gasteiger partial charge on any atom is 0.246 e. The molecular weight excluding hydrogens is 336 g/mol. The molecule has 2 rings (SSSR count). The summed E-state index contributed by atoms with van der Waals surface area (Å²) in [5, 5.41) is 7.14. The largest absolute Gasteiger partial charge is 0.343 e. The van der Waals surface area contributed by atoms with Gasteiger partial charge in [-0.2, -0.15) is 5.10 Å². The minimum absolute atomic E-state index is 0.0188. The number of piperazine rings is 1. The Balaban J connectivity index is 2.33. The molecule has 1 aliphatic rings. The summed E-state index contributed by atoms with van der Waals surface area (Å²) in [6, 6.07) is -0.837. The summed E-state index contributed by atoms with van der Waals surface area (Å²) in [5.74, 6) is -0.0892. The number of hydrogen-bond donors (Lipinski definition) is 1. The van der Waals surface area contributed by atoms with Crippen molar-refractivity contribution in [3.05, 3.63) is 15.9 Å². The second kappa shape index (κ2) is 6.17. The van der Waals surface area contributed by atoms with Crippen LogP contribution in [0, 0.1) is 6.92 Å². The van der Waals surface area contributed by atoms with Gasteiger partial charge in [0.1, 0.15) is 12.1 Å². The van der Waals surface area contributed by atoms with Crippen LogP contribution in [0.5, 0.6) is 0 Å². The Hall–Kier alpha value is -1.37. The van der Waals surface area contributed by atoms with E-state index >= 15 is 0 Å². The lowest BCUT2D eigenvalue weighted by Crippen LogP contribution is -2.62. The van der Waals surface area contributed by atoms with Gasteiger partial charge in [0, 0.05) is 7.05 Å². The highest BCUT2D eigenvalue weighted by molar-refractivity contribution is 9.10. The molecule has 1 N–H and O–H groups in total. The van der Waals surface area contributed by atoms with E-state index in [1.807, 2.05) is 27.8 Å². The predicted molar refractivity (Wildman–Crippen MR) is 82.5 cm³/mol. The van der Waals surface area contributed by atoms with Crippen molar-refractivity contribution < 1.29 is 9.59 Å². The molecule has 0 saturated carbocycles. The SMILES string of the molecule is CCC1NC(=O)C(CC)N(Cc2c(Br)c(C)nn2C)C1=O. The van der Waals surface area contributed by atoms with Crippen molar-refractivity contribution >= 4 is 27.7 Å². The molecule has 2 unspecified atom stereocenters. The maximum absolute atomic E-state index is 12.6. The first kappa shape index (κ1) is 16.0. The average molecular weight is 357 g/mol. The fourth-order valence-corrected chi connectivity index (χ4v) is 3.17. The number of rotatable bonds is 4. The van der Waals surface area contributed by atoms with E-state index in [4.69, 9.17) is 0 Å². The highest BCUT2D eigenvalue weighted by atomic mass is 79.9. The number of hydrogen-bond acceptors (Lipinski definition) is 3. The van der Waals surface area contributed by atoms with Crippen LogP contribution in [-0.2, 0) is 23.2 Å². The van der Waals surface area contributed by atoms with Crippen molar-refractivity contribution in [2.45, 2.75) is 52.2 Å². The van der Waals surface area contributed by atoms with Crippen LogP contribution in [0.15, 0.2) is 4.47 Å². The minimum Gasteiger partial charge on any atom is -0.343 e. The Kier molecular flexibility index (Phi) is 4.70. The number of aryl methyl sites for hydroxylation is 2. The van der Waals surface area contributed by atoms with Crippen molar-refractivity contribution in [1.29, 1.82) is 0 Å². The van der Waals surface area contributed by atoms with Crippen LogP contribution >= 0.6 is 15.9 Å². The van der Waals surface area contributed by atoms with E-state index in [1.165, 1.54) is 0 Å². The van der Waals surface area contributed by atoms with E-state index in [0.29, 0.717) is 19.4 Å². The third-order valence-electron chi connectivity index (χ3n) is 3.95. The third kappa shape index (κ3) is 2.84. The number of nitrogens with zero attached hydrogens (tertiary/aromatic N) is 3. The van der Waals surface area contributed by atoms with E-state index in [2.05, 4.69) is 26.3 Å². The zero-order valence-electron chi connectivity index (χ0n) is 12.8. The van der Waals surface area contributed by atoms with Gasteiger partial charge in [-0.25, -0.2) is 0 Å². The van der Waals surface area contributed by atoms with E-state index < -0.39 is 12.1 Å². The summed E-state index contributed by atoms with van der Waals surface area (Å²) in [7, 11) is 1.85. The molecule has 0 bridgehead atoms. The Morgan fingerprint density at radius 1 is 1.29 bits per heavy atom. The molecule has 0 spiro atoms. The van der Waals surface area contributed by atoms with Crippen molar-refractivity contribution in [2.24, 2.45) is 7.05 Å². The molecule has 0 aromatic carbocycles. The quantitative estimate of drug-likeness (QED) is 0.888. The summed E-state index contributed by atoms with van der Waals surface area (Å²) in [5.41, 5.74) is 1.78. The molecule has 0 aliphatic carbocycles. The molecule has 1 aromatic rings. The van der Waals surface area contributed by atoms with Gasteiger partial charge in [-0.1, -0.05) is 13.8 Å². The van der Waals surface area contributed by atoms with Gasteiger partial charge in [0.2, 0.25) is 11.8 Å². The van der Waals surface area contributed by atoms with Crippen LogP contribution in [0.3, 0.4) is 0 Å². The van der Waals surface area contributed by atoms with Gasteiger partial charge in [0.15, 0.2) is 0 Å². The Bertz CT molecular complexity index is 570. The van der Waals surface area contributed by atoms with Crippen LogP contribution in [0.4, 0.5) is 0 Å². The van der Waals surface area contributed by atoms with Gasteiger partial charge < -0.3 is 10.2 Å². The lowest BCUT2D eigenvalue weighted by molar-refractivity contribution is -0.150. The molecule has 2 atom stereocenters. The molecule has 1 saturated heterocycles. The van der Waals surface area contributed by atoms with Gasteiger partial charge in [-0.15, -0.1) is 0 Å². The molecule has 2 heterocycles. The van der Waals surface area contributed by atoms with Gasteiger partial charge in [0.25, 0.3) is 0 Å². The summed E-state index contributed by atoms with van der Waals surface area (Å²) >= 11 is 3.52. The molecule has 7 heteroatoms. The van der Waals surface area contributed by atoms with Crippen molar-refractivity contribution in [1.82, 2.24) is 20.0 Å². The van der Waals surface area contributed by atoms with Crippen LogP contribution in [0.1, 0.15) is 38.1 Å². The van der Waals surface area contributed by atoms with Crippen LogP contribution in [-0.4, -0.2) is 38.6 Å². The molecule has 1 fully saturated rings. The van der Waals surface area contributed by atoms with Crippen molar-refractivity contribution in [2.75, 3.05) is 0 Å². The Morgan fingerprint density at radius 3 is 2.43 bits per heavy atom. The molecule has 1 aliphatic heterocycles. The highest BCUT2D eigenvalue weighted by Gasteiger charge is 2.39. The monoisotopic (exact) mass is 356 g/mol. The van der Waals surface area contributed by atoms with Crippen molar-refractivity contribution in [3.8, 4) is 0 Å². The first-order chi connectivity index (χ1) is 9.90. The van der Waals surface area contributed by atoms with Gasteiger partial charge in [-0.05, 0) is 35.7 Å². The molecule has 116 valence electrons. The number of aromatic nitrogens is 2. The second-order valence-electron chi connectivity index (χ2n) is 5.33. The normalized spacial score (nSPS) is 22.6. The second-order valence-corrected chi connectivity index (χ2v) is 6.12. The molecular formula is C14H21BrN4O2. The fraction of sp³-hybridized carbons (Fsp3) is 0.643. The first-order valence-corrected chi connectivity index (χ1v) is 7.98. The standard InChI is InChI=1S/C14H21BrN4O2/c1-5-9-14(21)19(10(6-2)13(20)16-9)7-11-12(15)8(3)17-18(11)4/h9-10H,5-7H2,1-4H3,(H,16,20). The van der Waals surface area contributed by atoms with Gasteiger partial charge in [0.05, 0.1) is 22.4 Å². The predicted octanol–water partition coefficient (Wildman–Crippen LogP) is 1.51. The molecule has 2 amide bonds. The third-order valence-corrected chi connectivity index (χ3v) is 4.98. The molecule has 0 radical (unpaired) electrons. The van der Waals surface area contributed by atoms with Crippen LogP contribution in [0.2, 0.25) is 0 Å². The van der Waals surface area contributed by atoms with E-state index in [9.17, 15) is 9.59 Å². The van der Waals surface area contributed by atoms with Gasteiger partial charge in [-0.3, -0.25) is 14.3 Å². The number of amides is 2. The fourth-order valence-electron chi connectivity index (χ4n) is 2.71. The summed E-state index contributed by atoms with van der Waals surface area (Å²) < 4.78 is 2.65. The van der Waals surface area contributed by atoms with Crippen LogP contribution in [0.25, 0.3) is 0 Å². The molecule has 21 heavy (non-hydrogen) atoms. The number of nitrogens with one attached hydrogen (secondary N) is 1. The molecule has 1 aromatic heterocycles. The summed E-state index contributed by atoms with van der Waals surface area (Å²) in [6.45, 7) is 6.11. The minimum atomic E-state index is -0.423. The average Bonchev–Trinajstić information content (AvgIpc) is 2.68. The summed E-state index contributed by atoms with van der Waals surface area (Å²) in [6.07, 6.45) is 1.20. The molecule has 6 nitrogen and oxygen atoms in total. The number of halogens is 1. The van der Waals surface area contributed by atoms with Crippen LogP contribution < -0.4 is 5.32 Å². The Morgan fingerprint density at radius 2 is 1.95 bits per heavy atom. The van der Waals surface area contributed by atoms with E-state index in [-0.39, 0.29) is 11.8 Å². The number of carbonyl (C=O) groups excluding carboxylic acids is 2. The lowest BCUT2D eigenvalue weighted by atomic mass is 10.0. The topological polar surface area (TPSA) is 67.2 Å². The smallest absolute Gasteiger partial charge is 0.246 e. The Labute approximate surface area is 133 Å². The zero-order chi connectivity index (χ0) is 15.7. The van der Waals surface area contributed by atoms with Crippen molar-refractivity contribution in [3.63, 3.8) is 0 Å². The lowest BCUT2D eigenvalue weighted by Gasteiger charge is -2.38. The van der Waals surface area contributed by atoms with Gasteiger partial charge >= 0.3 is 0 Å².